The van der Waals surface area contributed by atoms with Gasteiger partial charge < -0.3 is 21.7 Å². The molecule has 0 aromatic heterocycles. The van der Waals surface area contributed by atoms with Crippen molar-refractivity contribution in [1.82, 2.24) is 10.2 Å². The maximum atomic E-state index is 10.7. The van der Waals surface area contributed by atoms with E-state index in [0.717, 1.165) is 58.5 Å². The first-order chi connectivity index (χ1) is 7.70. The van der Waals surface area contributed by atoms with E-state index in [-0.39, 0.29) is 5.91 Å². The first-order valence-electron chi connectivity index (χ1n) is 6.07. The summed E-state index contributed by atoms with van der Waals surface area (Å²) in [4.78, 5) is 13.0. The number of nitrogens with zero attached hydrogens (tertiary/aromatic N) is 1. The van der Waals surface area contributed by atoms with E-state index in [4.69, 9.17) is 11.5 Å². The molecule has 0 bridgehead atoms. The van der Waals surface area contributed by atoms with Gasteiger partial charge in [-0.05, 0) is 52.0 Å². The van der Waals surface area contributed by atoms with Crippen LogP contribution in [-0.4, -0.2) is 50.1 Å². The number of hydrogen-bond donors (Lipinski definition) is 3. The summed E-state index contributed by atoms with van der Waals surface area (Å²) in [5.74, 6) is 0.0375. The van der Waals surface area contributed by atoms with Crippen LogP contribution in [0, 0.1) is 0 Å². The molecule has 5 heteroatoms. The summed E-state index contributed by atoms with van der Waals surface area (Å²) >= 11 is 0. The second-order valence-corrected chi connectivity index (χ2v) is 3.96. The molecule has 0 atom stereocenters. The highest BCUT2D eigenvalue weighted by Gasteiger charge is 2.03. The molecule has 16 heavy (non-hydrogen) atoms. The number of carbonyl (C=O) groups is 1. The molecule has 96 valence electrons. The van der Waals surface area contributed by atoms with Crippen LogP contribution in [0.1, 0.15) is 26.2 Å². The molecule has 0 heterocycles. The molecule has 0 fully saturated rings. The van der Waals surface area contributed by atoms with E-state index in [0.29, 0.717) is 0 Å². The number of hydrogen-bond acceptors (Lipinski definition) is 4. The Morgan fingerprint density at radius 2 is 1.56 bits per heavy atom. The van der Waals surface area contributed by atoms with E-state index in [9.17, 15) is 4.79 Å². The third-order valence-electron chi connectivity index (χ3n) is 2.38. The second-order valence-electron chi connectivity index (χ2n) is 3.96. The molecule has 0 spiro atoms. The molecule has 5 N–H and O–H groups in total. The molecule has 0 unspecified atom stereocenters. The molecule has 1 amide bonds. The van der Waals surface area contributed by atoms with Crippen molar-refractivity contribution in [3.63, 3.8) is 0 Å². The lowest BCUT2D eigenvalue weighted by Gasteiger charge is -2.21. The van der Waals surface area contributed by atoms with Gasteiger partial charge in [0.2, 0.25) is 5.91 Å². The Kier molecular flexibility index (Phi) is 10.4. The van der Waals surface area contributed by atoms with Gasteiger partial charge in [0.1, 0.15) is 0 Å². The first-order valence-corrected chi connectivity index (χ1v) is 6.07. The third-order valence-corrected chi connectivity index (χ3v) is 2.38. The Hall–Kier alpha value is -0.650. The van der Waals surface area contributed by atoms with Gasteiger partial charge in [-0.1, -0.05) is 0 Å². The van der Waals surface area contributed by atoms with Crippen LogP contribution in [0.4, 0.5) is 0 Å². The third kappa shape index (κ3) is 9.89. The van der Waals surface area contributed by atoms with Crippen LogP contribution >= 0.6 is 0 Å². The van der Waals surface area contributed by atoms with Gasteiger partial charge in [-0.25, -0.2) is 0 Å². The van der Waals surface area contributed by atoms with E-state index in [2.05, 4.69) is 10.2 Å². The first kappa shape index (κ1) is 15.3. The van der Waals surface area contributed by atoms with Crippen LogP contribution in [0.5, 0.6) is 0 Å². The molecule has 0 aromatic carbocycles. The smallest absolute Gasteiger partial charge is 0.216 e. The maximum absolute atomic E-state index is 10.7. The van der Waals surface area contributed by atoms with E-state index in [1.54, 1.807) is 6.92 Å². The molecule has 0 aliphatic carbocycles. The summed E-state index contributed by atoms with van der Waals surface area (Å²) in [6.07, 6.45) is 3.02. The van der Waals surface area contributed by atoms with Crippen LogP contribution in [0.25, 0.3) is 0 Å². The molecular formula is C11H26N4O. The SMILES string of the molecule is CC(=O)NCCCN(CCCN)CCCN. The Morgan fingerprint density at radius 3 is 2.00 bits per heavy atom. The van der Waals surface area contributed by atoms with Crippen molar-refractivity contribution in [3.05, 3.63) is 0 Å². The van der Waals surface area contributed by atoms with Crippen molar-refractivity contribution in [2.45, 2.75) is 26.2 Å². The number of carbonyl (C=O) groups excluding carboxylic acids is 1. The fraction of sp³-hybridized carbons (Fsp3) is 0.909. The van der Waals surface area contributed by atoms with Gasteiger partial charge in [-0.2, -0.15) is 0 Å². The van der Waals surface area contributed by atoms with Gasteiger partial charge in [0.25, 0.3) is 0 Å². The summed E-state index contributed by atoms with van der Waals surface area (Å²) in [6, 6.07) is 0. The van der Waals surface area contributed by atoms with Crippen LogP contribution in [-0.2, 0) is 4.79 Å². The zero-order valence-electron chi connectivity index (χ0n) is 10.4. The van der Waals surface area contributed by atoms with Crippen molar-refractivity contribution >= 4 is 5.91 Å². The Balaban J connectivity index is 3.59. The highest BCUT2D eigenvalue weighted by atomic mass is 16.1. The molecule has 0 aromatic rings. The van der Waals surface area contributed by atoms with Crippen LogP contribution in [0.2, 0.25) is 0 Å². The minimum atomic E-state index is 0.0375. The summed E-state index contributed by atoms with van der Waals surface area (Å²) in [5, 5.41) is 2.80. The van der Waals surface area contributed by atoms with E-state index >= 15 is 0 Å². The summed E-state index contributed by atoms with van der Waals surface area (Å²) in [5.41, 5.74) is 11.0. The Morgan fingerprint density at radius 1 is 1.06 bits per heavy atom. The lowest BCUT2D eigenvalue weighted by Crippen LogP contribution is -2.32. The maximum Gasteiger partial charge on any atom is 0.216 e. The molecule has 0 saturated heterocycles. The van der Waals surface area contributed by atoms with E-state index in [1.165, 1.54) is 0 Å². The Bertz CT molecular complexity index is 167. The molecular weight excluding hydrogens is 204 g/mol. The van der Waals surface area contributed by atoms with Gasteiger partial charge in [-0.3, -0.25) is 4.79 Å². The standard InChI is InChI=1S/C11H26N4O/c1-11(16)14-7-4-10-15(8-2-5-12)9-3-6-13/h2-10,12-13H2,1H3,(H,14,16). The number of amides is 1. The molecule has 0 saturated carbocycles. The van der Waals surface area contributed by atoms with Crippen molar-refractivity contribution in [2.24, 2.45) is 11.5 Å². The molecule has 5 nitrogen and oxygen atoms in total. The zero-order valence-corrected chi connectivity index (χ0v) is 10.4. The van der Waals surface area contributed by atoms with Gasteiger partial charge in [-0.15, -0.1) is 0 Å². The number of nitrogens with two attached hydrogens (primary N) is 2. The lowest BCUT2D eigenvalue weighted by atomic mass is 10.3. The fourth-order valence-electron chi connectivity index (χ4n) is 1.53. The van der Waals surface area contributed by atoms with Gasteiger partial charge in [0.05, 0.1) is 0 Å². The van der Waals surface area contributed by atoms with Gasteiger partial charge >= 0.3 is 0 Å². The van der Waals surface area contributed by atoms with Gasteiger partial charge in [0.15, 0.2) is 0 Å². The van der Waals surface area contributed by atoms with E-state index < -0.39 is 0 Å². The predicted molar refractivity (Wildman–Crippen MR) is 67.1 cm³/mol. The van der Waals surface area contributed by atoms with Crippen molar-refractivity contribution < 1.29 is 4.79 Å². The van der Waals surface area contributed by atoms with Crippen molar-refractivity contribution in [3.8, 4) is 0 Å². The molecule has 0 aliphatic rings. The van der Waals surface area contributed by atoms with E-state index in [1.807, 2.05) is 0 Å². The summed E-state index contributed by atoms with van der Waals surface area (Å²) < 4.78 is 0. The topological polar surface area (TPSA) is 84.4 Å². The molecule has 0 rings (SSSR count). The fourth-order valence-corrected chi connectivity index (χ4v) is 1.53. The van der Waals surface area contributed by atoms with Gasteiger partial charge in [0, 0.05) is 13.5 Å². The Labute approximate surface area is 98.5 Å². The monoisotopic (exact) mass is 230 g/mol. The van der Waals surface area contributed by atoms with Crippen LogP contribution in [0.15, 0.2) is 0 Å². The summed E-state index contributed by atoms with van der Waals surface area (Å²) in [6.45, 7) is 6.79. The molecule has 0 aliphatic heterocycles. The quantitative estimate of drug-likeness (QED) is 0.442. The highest BCUT2D eigenvalue weighted by Crippen LogP contribution is 1.95. The average molecular weight is 230 g/mol. The minimum Gasteiger partial charge on any atom is -0.356 e. The second kappa shape index (κ2) is 10.9. The van der Waals surface area contributed by atoms with Crippen molar-refractivity contribution in [2.75, 3.05) is 39.3 Å². The van der Waals surface area contributed by atoms with Crippen LogP contribution in [0.3, 0.4) is 0 Å². The normalized spacial score (nSPS) is 10.8. The number of rotatable bonds is 10. The zero-order chi connectivity index (χ0) is 12.2. The predicted octanol–water partition coefficient (Wildman–Crippen LogP) is -0.488. The van der Waals surface area contributed by atoms with Crippen LogP contribution < -0.4 is 16.8 Å². The van der Waals surface area contributed by atoms with Crippen molar-refractivity contribution in [1.29, 1.82) is 0 Å². The average Bonchev–Trinajstić information content (AvgIpc) is 2.26. The summed E-state index contributed by atoms with van der Waals surface area (Å²) in [7, 11) is 0. The molecule has 0 radical (unpaired) electrons. The minimum absolute atomic E-state index is 0.0375. The number of nitrogens with one attached hydrogen (secondary N) is 1. The lowest BCUT2D eigenvalue weighted by molar-refractivity contribution is -0.118. The highest BCUT2D eigenvalue weighted by molar-refractivity contribution is 5.72. The largest absolute Gasteiger partial charge is 0.356 e.